The van der Waals surface area contributed by atoms with E-state index in [4.69, 9.17) is 4.74 Å². The van der Waals surface area contributed by atoms with Crippen LogP contribution in [0.3, 0.4) is 0 Å². The van der Waals surface area contributed by atoms with Crippen molar-refractivity contribution < 1.29 is 9.13 Å². The summed E-state index contributed by atoms with van der Waals surface area (Å²) in [5.74, 6) is 0.486. The van der Waals surface area contributed by atoms with Gasteiger partial charge in [0.1, 0.15) is 11.6 Å². The number of aryl methyl sites for hydroxylation is 1. The molecule has 20 heavy (non-hydrogen) atoms. The molecule has 3 heteroatoms. The van der Waals surface area contributed by atoms with E-state index in [0.29, 0.717) is 0 Å². The van der Waals surface area contributed by atoms with E-state index in [1.165, 1.54) is 11.6 Å². The van der Waals surface area contributed by atoms with E-state index in [-0.39, 0.29) is 11.9 Å². The molecule has 0 spiro atoms. The summed E-state index contributed by atoms with van der Waals surface area (Å²) in [5.41, 5.74) is 2.15. The van der Waals surface area contributed by atoms with Gasteiger partial charge in [-0.1, -0.05) is 30.3 Å². The Kier molecular flexibility index (Phi) is 5.13. The normalized spacial score (nSPS) is 12.2. The highest BCUT2D eigenvalue weighted by Crippen LogP contribution is 2.28. The van der Waals surface area contributed by atoms with E-state index >= 15 is 0 Å². The number of nitrogens with one attached hydrogen (secondary N) is 1. The Morgan fingerprint density at radius 3 is 2.55 bits per heavy atom. The van der Waals surface area contributed by atoms with Crippen LogP contribution in [-0.4, -0.2) is 14.2 Å². The lowest BCUT2D eigenvalue weighted by Crippen LogP contribution is -2.18. The molecule has 0 bridgehead atoms. The fourth-order valence-corrected chi connectivity index (χ4v) is 2.39. The lowest BCUT2D eigenvalue weighted by molar-refractivity contribution is 0.397. The van der Waals surface area contributed by atoms with E-state index in [2.05, 4.69) is 17.4 Å². The first kappa shape index (κ1) is 14.5. The molecule has 1 unspecified atom stereocenters. The number of rotatable bonds is 6. The molecule has 2 rings (SSSR count). The molecule has 0 aliphatic rings. The fourth-order valence-electron chi connectivity index (χ4n) is 2.39. The molecule has 2 aromatic rings. The number of halogens is 1. The first-order valence-electron chi connectivity index (χ1n) is 6.79. The summed E-state index contributed by atoms with van der Waals surface area (Å²) >= 11 is 0. The van der Waals surface area contributed by atoms with Crippen LogP contribution in [0.2, 0.25) is 0 Å². The highest BCUT2D eigenvalue weighted by Gasteiger charge is 2.15. The predicted octanol–water partition coefficient (Wildman–Crippen LogP) is 3.73. The van der Waals surface area contributed by atoms with Crippen molar-refractivity contribution in [2.45, 2.75) is 18.9 Å². The maximum Gasteiger partial charge on any atom is 0.123 e. The molecular weight excluding hydrogens is 253 g/mol. The minimum absolute atomic E-state index is 0.0702. The summed E-state index contributed by atoms with van der Waals surface area (Å²) in [4.78, 5) is 0. The van der Waals surface area contributed by atoms with Gasteiger partial charge >= 0.3 is 0 Å². The molecule has 1 atom stereocenters. The number of benzene rings is 2. The van der Waals surface area contributed by atoms with E-state index in [1.54, 1.807) is 19.2 Å². The van der Waals surface area contributed by atoms with Crippen molar-refractivity contribution in [2.24, 2.45) is 0 Å². The van der Waals surface area contributed by atoms with Gasteiger partial charge in [-0.15, -0.1) is 0 Å². The molecule has 0 fully saturated rings. The zero-order valence-corrected chi connectivity index (χ0v) is 11.9. The Morgan fingerprint density at radius 1 is 1.15 bits per heavy atom. The predicted molar refractivity (Wildman–Crippen MR) is 79.5 cm³/mol. The monoisotopic (exact) mass is 273 g/mol. The molecular formula is C17H20FNO. The molecule has 1 N–H and O–H groups in total. The van der Waals surface area contributed by atoms with Gasteiger partial charge in [-0.2, -0.15) is 0 Å². The second-order valence-corrected chi connectivity index (χ2v) is 4.75. The molecule has 0 aromatic heterocycles. The first-order valence-corrected chi connectivity index (χ1v) is 6.79. The SMILES string of the molecule is CNC(CCc1ccccc1)c1cc(F)ccc1OC. The second-order valence-electron chi connectivity index (χ2n) is 4.75. The summed E-state index contributed by atoms with van der Waals surface area (Å²) in [7, 11) is 3.50. The lowest BCUT2D eigenvalue weighted by atomic mass is 9.98. The molecule has 0 aliphatic carbocycles. The van der Waals surface area contributed by atoms with Crippen LogP contribution in [0, 0.1) is 5.82 Å². The minimum atomic E-state index is -0.235. The Balaban J connectivity index is 2.14. The summed E-state index contributed by atoms with van der Waals surface area (Å²) in [6.45, 7) is 0. The van der Waals surface area contributed by atoms with Gasteiger partial charge in [-0.25, -0.2) is 4.39 Å². The molecule has 0 saturated carbocycles. The molecule has 0 amide bonds. The van der Waals surface area contributed by atoms with Crippen LogP contribution < -0.4 is 10.1 Å². The van der Waals surface area contributed by atoms with E-state index in [1.807, 2.05) is 25.2 Å². The van der Waals surface area contributed by atoms with Gasteiger partial charge in [-0.3, -0.25) is 0 Å². The molecule has 0 saturated heterocycles. The Morgan fingerprint density at radius 2 is 1.90 bits per heavy atom. The van der Waals surface area contributed by atoms with Crippen molar-refractivity contribution in [1.29, 1.82) is 0 Å². The first-order chi connectivity index (χ1) is 9.74. The smallest absolute Gasteiger partial charge is 0.123 e. The van der Waals surface area contributed by atoms with Gasteiger partial charge < -0.3 is 10.1 Å². The van der Waals surface area contributed by atoms with Gasteiger partial charge in [0.2, 0.25) is 0 Å². The van der Waals surface area contributed by atoms with Crippen LogP contribution in [0.4, 0.5) is 4.39 Å². The van der Waals surface area contributed by atoms with E-state index in [0.717, 1.165) is 24.2 Å². The van der Waals surface area contributed by atoms with Crippen LogP contribution in [-0.2, 0) is 6.42 Å². The van der Waals surface area contributed by atoms with Gasteiger partial charge in [-0.05, 0) is 43.7 Å². The van der Waals surface area contributed by atoms with Crippen LogP contribution in [0.25, 0.3) is 0 Å². The number of hydrogen-bond acceptors (Lipinski definition) is 2. The topological polar surface area (TPSA) is 21.3 Å². The number of hydrogen-bond donors (Lipinski definition) is 1. The zero-order chi connectivity index (χ0) is 14.4. The highest BCUT2D eigenvalue weighted by atomic mass is 19.1. The van der Waals surface area contributed by atoms with Crippen molar-refractivity contribution in [3.63, 3.8) is 0 Å². The Bertz CT molecular complexity index is 542. The summed E-state index contributed by atoms with van der Waals surface area (Å²) < 4.78 is 18.8. The average molecular weight is 273 g/mol. The number of methoxy groups -OCH3 is 1. The molecule has 0 radical (unpaired) electrons. The summed E-state index contributed by atoms with van der Waals surface area (Å²) in [5, 5.41) is 3.24. The van der Waals surface area contributed by atoms with Crippen molar-refractivity contribution in [1.82, 2.24) is 5.32 Å². The maximum atomic E-state index is 13.5. The standard InChI is InChI=1S/C17H20FNO/c1-19-16(10-8-13-6-4-3-5-7-13)15-12-14(18)9-11-17(15)20-2/h3-7,9,11-12,16,19H,8,10H2,1-2H3. The van der Waals surface area contributed by atoms with Gasteiger partial charge in [0.05, 0.1) is 7.11 Å². The van der Waals surface area contributed by atoms with Crippen LogP contribution in [0.5, 0.6) is 5.75 Å². The minimum Gasteiger partial charge on any atom is -0.496 e. The van der Waals surface area contributed by atoms with Crippen LogP contribution in [0.1, 0.15) is 23.6 Å². The molecule has 2 nitrogen and oxygen atoms in total. The average Bonchev–Trinajstić information content (AvgIpc) is 2.49. The lowest BCUT2D eigenvalue weighted by Gasteiger charge is -2.19. The van der Waals surface area contributed by atoms with E-state index < -0.39 is 0 Å². The summed E-state index contributed by atoms with van der Waals surface area (Å²) in [6, 6.07) is 15.0. The Labute approximate surface area is 119 Å². The van der Waals surface area contributed by atoms with Gasteiger partial charge in [0.15, 0.2) is 0 Å². The summed E-state index contributed by atoms with van der Waals surface area (Å²) in [6.07, 6.45) is 1.83. The quantitative estimate of drug-likeness (QED) is 0.866. The van der Waals surface area contributed by atoms with Gasteiger partial charge in [0.25, 0.3) is 0 Å². The molecule has 106 valence electrons. The third-order valence-corrected chi connectivity index (χ3v) is 3.48. The van der Waals surface area contributed by atoms with Crippen LogP contribution in [0.15, 0.2) is 48.5 Å². The molecule has 0 heterocycles. The zero-order valence-electron chi connectivity index (χ0n) is 11.9. The van der Waals surface area contributed by atoms with Crippen molar-refractivity contribution in [3.05, 3.63) is 65.5 Å². The Hall–Kier alpha value is -1.87. The maximum absolute atomic E-state index is 13.5. The molecule has 2 aromatic carbocycles. The number of ether oxygens (including phenoxy) is 1. The molecule has 0 aliphatic heterocycles. The van der Waals surface area contributed by atoms with Crippen molar-refractivity contribution >= 4 is 0 Å². The fraction of sp³-hybridized carbons (Fsp3) is 0.294. The third-order valence-electron chi connectivity index (χ3n) is 3.48. The third kappa shape index (κ3) is 3.58. The second kappa shape index (κ2) is 7.06. The van der Waals surface area contributed by atoms with Crippen molar-refractivity contribution in [2.75, 3.05) is 14.2 Å². The van der Waals surface area contributed by atoms with Gasteiger partial charge in [0, 0.05) is 11.6 Å². The largest absolute Gasteiger partial charge is 0.496 e. The van der Waals surface area contributed by atoms with Crippen molar-refractivity contribution in [3.8, 4) is 5.75 Å². The highest BCUT2D eigenvalue weighted by molar-refractivity contribution is 5.36. The van der Waals surface area contributed by atoms with E-state index in [9.17, 15) is 4.39 Å². The van der Waals surface area contributed by atoms with Crippen LogP contribution >= 0.6 is 0 Å².